The van der Waals surface area contributed by atoms with Crippen LogP contribution in [0.2, 0.25) is 5.02 Å². The Kier molecular flexibility index (Phi) is 3.25. The Bertz CT molecular complexity index is 652. The summed E-state index contributed by atoms with van der Waals surface area (Å²) in [6.45, 7) is 1.62. The number of hydrogen-bond donors (Lipinski definition) is 2. The van der Waals surface area contributed by atoms with Crippen molar-refractivity contribution in [1.29, 1.82) is 0 Å². The molecule has 0 saturated heterocycles. The molecule has 0 bridgehead atoms. The van der Waals surface area contributed by atoms with Crippen molar-refractivity contribution >= 4 is 17.4 Å². The fourth-order valence-electron chi connectivity index (χ4n) is 1.54. The van der Waals surface area contributed by atoms with Crippen LogP contribution in [0.15, 0.2) is 23.0 Å². The van der Waals surface area contributed by atoms with Gasteiger partial charge in [-0.15, -0.1) is 0 Å². The SMILES string of the molecule is COc1cc(Cl)ccc1-c1nc(N)c(C)c(=O)[nH]1. The molecule has 0 atom stereocenters. The molecule has 0 spiro atoms. The van der Waals surface area contributed by atoms with Gasteiger partial charge in [0.25, 0.3) is 5.56 Å². The lowest BCUT2D eigenvalue weighted by molar-refractivity contribution is 0.416. The summed E-state index contributed by atoms with van der Waals surface area (Å²) >= 11 is 5.87. The van der Waals surface area contributed by atoms with Gasteiger partial charge in [-0.3, -0.25) is 4.79 Å². The van der Waals surface area contributed by atoms with Crippen LogP contribution >= 0.6 is 11.6 Å². The number of aromatic amines is 1. The van der Waals surface area contributed by atoms with Crippen molar-refractivity contribution < 1.29 is 4.74 Å². The lowest BCUT2D eigenvalue weighted by Gasteiger charge is -2.09. The number of nitrogens with zero attached hydrogens (tertiary/aromatic N) is 1. The maximum atomic E-state index is 11.7. The number of aromatic nitrogens is 2. The number of nitrogens with one attached hydrogen (secondary N) is 1. The molecule has 5 nitrogen and oxygen atoms in total. The molecule has 0 aliphatic carbocycles. The van der Waals surface area contributed by atoms with Crippen molar-refractivity contribution in [2.24, 2.45) is 0 Å². The van der Waals surface area contributed by atoms with Gasteiger partial charge >= 0.3 is 0 Å². The maximum absolute atomic E-state index is 11.7. The fraction of sp³-hybridized carbons (Fsp3) is 0.167. The maximum Gasteiger partial charge on any atom is 0.256 e. The third-order valence-corrected chi connectivity index (χ3v) is 2.84. The summed E-state index contributed by atoms with van der Waals surface area (Å²) in [6.07, 6.45) is 0. The molecule has 18 heavy (non-hydrogen) atoms. The van der Waals surface area contributed by atoms with E-state index in [2.05, 4.69) is 9.97 Å². The van der Waals surface area contributed by atoms with Gasteiger partial charge in [0.05, 0.1) is 18.2 Å². The van der Waals surface area contributed by atoms with Crippen LogP contribution in [0.3, 0.4) is 0 Å². The molecule has 2 rings (SSSR count). The number of nitrogens with two attached hydrogens (primary N) is 1. The molecule has 0 aliphatic heterocycles. The Morgan fingerprint density at radius 3 is 2.78 bits per heavy atom. The van der Waals surface area contributed by atoms with Crippen LogP contribution in [0.1, 0.15) is 5.56 Å². The van der Waals surface area contributed by atoms with Gasteiger partial charge < -0.3 is 15.5 Å². The lowest BCUT2D eigenvalue weighted by Crippen LogP contribution is -2.15. The number of H-pyrrole nitrogens is 1. The van der Waals surface area contributed by atoms with Gasteiger partial charge in [-0.05, 0) is 25.1 Å². The number of halogens is 1. The first-order valence-electron chi connectivity index (χ1n) is 5.23. The number of benzene rings is 1. The lowest BCUT2D eigenvalue weighted by atomic mass is 10.2. The normalized spacial score (nSPS) is 10.4. The topological polar surface area (TPSA) is 81.0 Å². The summed E-state index contributed by atoms with van der Waals surface area (Å²) < 4.78 is 5.20. The number of hydrogen-bond acceptors (Lipinski definition) is 4. The van der Waals surface area contributed by atoms with Crippen LogP contribution in [0.5, 0.6) is 5.75 Å². The largest absolute Gasteiger partial charge is 0.496 e. The molecule has 0 aliphatic rings. The van der Waals surface area contributed by atoms with Gasteiger partial charge in [-0.2, -0.15) is 0 Å². The predicted octanol–water partition coefficient (Wildman–Crippen LogP) is 1.99. The Balaban J connectivity index is 2.66. The van der Waals surface area contributed by atoms with E-state index in [1.807, 2.05) is 0 Å². The minimum absolute atomic E-state index is 0.200. The second kappa shape index (κ2) is 4.70. The monoisotopic (exact) mass is 265 g/mol. The molecule has 0 unspecified atom stereocenters. The van der Waals surface area contributed by atoms with E-state index in [9.17, 15) is 4.79 Å². The van der Waals surface area contributed by atoms with Crippen molar-refractivity contribution in [3.8, 4) is 17.1 Å². The number of anilines is 1. The summed E-state index contributed by atoms with van der Waals surface area (Å²) in [7, 11) is 1.52. The summed E-state index contributed by atoms with van der Waals surface area (Å²) in [5.41, 5.74) is 6.44. The zero-order valence-corrected chi connectivity index (χ0v) is 10.7. The molecule has 0 fully saturated rings. The standard InChI is InChI=1S/C12H12ClN3O2/c1-6-10(14)15-11(16-12(6)17)8-4-3-7(13)5-9(8)18-2/h3-5H,1-2H3,(H3,14,15,16,17). The van der Waals surface area contributed by atoms with Crippen LogP contribution in [0.4, 0.5) is 5.82 Å². The first kappa shape index (κ1) is 12.4. The third-order valence-electron chi connectivity index (χ3n) is 2.61. The molecule has 6 heteroatoms. The number of methoxy groups -OCH3 is 1. The van der Waals surface area contributed by atoms with Crippen molar-refractivity contribution in [3.63, 3.8) is 0 Å². The number of ether oxygens (including phenoxy) is 1. The van der Waals surface area contributed by atoms with Crippen molar-refractivity contribution in [3.05, 3.63) is 39.1 Å². The molecule has 3 N–H and O–H groups in total. The summed E-state index contributed by atoms with van der Waals surface area (Å²) in [4.78, 5) is 18.5. The molecule has 94 valence electrons. The minimum atomic E-state index is -0.269. The highest BCUT2D eigenvalue weighted by molar-refractivity contribution is 6.30. The van der Waals surface area contributed by atoms with E-state index >= 15 is 0 Å². The van der Waals surface area contributed by atoms with Crippen LogP contribution in [0, 0.1) is 6.92 Å². The molecule has 0 radical (unpaired) electrons. The first-order chi connectivity index (χ1) is 8.52. The zero-order valence-electron chi connectivity index (χ0n) is 9.95. The average Bonchev–Trinajstić information content (AvgIpc) is 2.35. The zero-order chi connectivity index (χ0) is 13.3. The van der Waals surface area contributed by atoms with Crippen LogP contribution in [-0.2, 0) is 0 Å². The Labute approximate surface area is 109 Å². The second-order valence-corrected chi connectivity index (χ2v) is 4.21. The van der Waals surface area contributed by atoms with E-state index in [4.69, 9.17) is 22.1 Å². The molecule has 0 saturated carbocycles. The number of nitrogen functional groups attached to an aromatic ring is 1. The quantitative estimate of drug-likeness (QED) is 0.870. The van der Waals surface area contributed by atoms with E-state index in [1.165, 1.54) is 7.11 Å². The minimum Gasteiger partial charge on any atom is -0.496 e. The average molecular weight is 266 g/mol. The Morgan fingerprint density at radius 2 is 2.17 bits per heavy atom. The van der Waals surface area contributed by atoms with Gasteiger partial charge in [0.2, 0.25) is 0 Å². The Hall–Kier alpha value is -2.01. The Morgan fingerprint density at radius 1 is 1.44 bits per heavy atom. The van der Waals surface area contributed by atoms with E-state index in [0.29, 0.717) is 27.7 Å². The highest BCUT2D eigenvalue weighted by atomic mass is 35.5. The summed E-state index contributed by atoms with van der Waals surface area (Å²) in [5, 5.41) is 0.540. The van der Waals surface area contributed by atoms with Crippen LogP contribution < -0.4 is 16.0 Å². The van der Waals surface area contributed by atoms with Crippen molar-refractivity contribution in [2.75, 3.05) is 12.8 Å². The molecule has 0 amide bonds. The molecule has 2 aromatic rings. The van der Waals surface area contributed by atoms with Gasteiger partial charge in [-0.1, -0.05) is 11.6 Å². The van der Waals surface area contributed by atoms with E-state index in [0.717, 1.165) is 0 Å². The van der Waals surface area contributed by atoms with E-state index in [1.54, 1.807) is 25.1 Å². The fourth-order valence-corrected chi connectivity index (χ4v) is 1.70. The third kappa shape index (κ3) is 2.17. The van der Waals surface area contributed by atoms with E-state index < -0.39 is 0 Å². The van der Waals surface area contributed by atoms with Crippen LogP contribution in [0.25, 0.3) is 11.4 Å². The van der Waals surface area contributed by atoms with Gasteiger partial charge in [-0.25, -0.2) is 4.98 Å². The molecule has 1 heterocycles. The molecule has 1 aromatic carbocycles. The second-order valence-electron chi connectivity index (χ2n) is 3.77. The van der Waals surface area contributed by atoms with Crippen molar-refractivity contribution in [2.45, 2.75) is 6.92 Å². The van der Waals surface area contributed by atoms with Gasteiger partial charge in [0.15, 0.2) is 0 Å². The number of rotatable bonds is 2. The predicted molar refractivity (Wildman–Crippen MR) is 71.0 cm³/mol. The molecular formula is C12H12ClN3O2. The summed E-state index contributed by atoms with van der Waals surface area (Å²) in [6, 6.07) is 5.05. The van der Waals surface area contributed by atoms with Crippen molar-refractivity contribution in [1.82, 2.24) is 9.97 Å². The highest BCUT2D eigenvalue weighted by Gasteiger charge is 2.11. The molecule has 1 aromatic heterocycles. The van der Waals surface area contributed by atoms with Gasteiger partial charge in [0, 0.05) is 5.02 Å². The van der Waals surface area contributed by atoms with Crippen LogP contribution in [-0.4, -0.2) is 17.1 Å². The van der Waals surface area contributed by atoms with E-state index in [-0.39, 0.29) is 11.4 Å². The first-order valence-corrected chi connectivity index (χ1v) is 5.61. The molecular weight excluding hydrogens is 254 g/mol. The van der Waals surface area contributed by atoms with Gasteiger partial charge in [0.1, 0.15) is 17.4 Å². The smallest absolute Gasteiger partial charge is 0.256 e. The highest BCUT2D eigenvalue weighted by Crippen LogP contribution is 2.30. The summed E-state index contributed by atoms with van der Waals surface area (Å²) in [5.74, 6) is 1.08.